The van der Waals surface area contributed by atoms with Gasteiger partial charge < -0.3 is 14.4 Å². The molecule has 8 heteroatoms. The lowest BCUT2D eigenvalue weighted by Gasteiger charge is -2.40. The van der Waals surface area contributed by atoms with Gasteiger partial charge in [-0.15, -0.1) is 5.10 Å². The van der Waals surface area contributed by atoms with Crippen molar-refractivity contribution in [2.24, 2.45) is 0 Å². The van der Waals surface area contributed by atoms with E-state index in [0.29, 0.717) is 38.3 Å². The molecule has 1 saturated heterocycles. The number of hydrogen-bond acceptors (Lipinski definition) is 6. The largest absolute Gasteiger partial charge is 0.444 e. The van der Waals surface area contributed by atoms with Gasteiger partial charge in [-0.05, 0) is 44.0 Å². The van der Waals surface area contributed by atoms with Crippen LogP contribution in [0.15, 0.2) is 30.3 Å². The lowest BCUT2D eigenvalue weighted by atomic mass is 9.91. The first-order chi connectivity index (χ1) is 12.8. The van der Waals surface area contributed by atoms with Crippen LogP contribution in [-0.2, 0) is 16.0 Å². The molecule has 0 spiro atoms. The van der Waals surface area contributed by atoms with Crippen LogP contribution in [0.25, 0.3) is 11.4 Å². The average molecular weight is 373 g/mol. The van der Waals surface area contributed by atoms with Crippen molar-refractivity contribution in [2.75, 3.05) is 20.2 Å². The standard InChI is InChI=1S/C19H27N5O3/c1-18(2,3)27-17(25)23-12-10-19(26-4,11-13-23)14-24-16(20-21-22-24)15-8-6-5-7-9-15/h5-9H,10-14H2,1-4H3. The number of methoxy groups -OCH3 is 1. The first-order valence-electron chi connectivity index (χ1n) is 9.17. The summed E-state index contributed by atoms with van der Waals surface area (Å²) < 4.78 is 13.1. The Balaban J connectivity index is 1.69. The number of hydrogen-bond donors (Lipinski definition) is 0. The van der Waals surface area contributed by atoms with Gasteiger partial charge in [-0.1, -0.05) is 30.3 Å². The maximum atomic E-state index is 12.3. The molecule has 1 aliphatic heterocycles. The predicted octanol–water partition coefficient (Wildman–Crippen LogP) is 2.76. The molecule has 1 aliphatic rings. The Labute approximate surface area is 159 Å². The molecule has 0 aliphatic carbocycles. The molecule has 1 amide bonds. The molecule has 3 rings (SSSR count). The lowest BCUT2D eigenvalue weighted by Crippen LogP contribution is -2.50. The average Bonchev–Trinajstić information content (AvgIpc) is 3.09. The van der Waals surface area contributed by atoms with Gasteiger partial charge in [0.2, 0.25) is 0 Å². The second-order valence-corrected chi connectivity index (χ2v) is 7.88. The molecule has 27 heavy (non-hydrogen) atoms. The molecule has 2 heterocycles. The fraction of sp³-hybridized carbons (Fsp3) is 0.579. The van der Waals surface area contributed by atoms with Crippen molar-refractivity contribution in [1.82, 2.24) is 25.1 Å². The first-order valence-corrected chi connectivity index (χ1v) is 9.17. The fourth-order valence-electron chi connectivity index (χ4n) is 3.23. The molecule has 0 radical (unpaired) electrons. The van der Waals surface area contributed by atoms with Gasteiger partial charge in [0.05, 0.1) is 12.1 Å². The molecule has 8 nitrogen and oxygen atoms in total. The van der Waals surface area contributed by atoms with Crippen molar-refractivity contribution >= 4 is 6.09 Å². The minimum Gasteiger partial charge on any atom is -0.444 e. The highest BCUT2D eigenvalue weighted by Gasteiger charge is 2.38. The Bertz CT molecular complexity index is 761. The van der Waals surface area contributed by atoms with Crippen molar-refractivity contribution in [2.45, 2.75) is 51.4 Å². The minimum absolute atomic E-state index is 0.278. The third-order valence-electron chi connectivity index (χ3n) is 4.76. The van der Waals surface area contributed by atoms with Crippen molar-refractivity contribution in [1.29, 1.82) is 0 Å². The van der Waals surface area contributed by atoms with E-state index < -0.39 is 11.2 Å². The number of likely N-dealkylation sites (tertiary alicyclic amines) is 1. The van der Waals surface area contributed by atoms with Gasteiger partial charge in [-0.25, -0.2) is 9.48 Å². The molecule has 0 atom stereocenters. The van der Waals surface area contributed by atoms with Gasteiger partial charge in [0.1, 0.15) is 5.60 Å². The highest BCUT2D eigenvalue weighted by atomic mass is 16.6. The Kier molecular flexibility index (Phi) is 5.46. The minimum atomic E-state index is -0.496. The van der Waals surface area contributed by atoms with Crippen LogP contribution in [0.4, 0.5) is 4.79 Å². The number of amides is 1. The molecule has 2 aromatic rings. The van der Waals surface area contributed by atoms with Gasteiger partial charge in [-0.3, -0.25) is 0 Å². The van der Waals surface area contributed by atoms with Gasteiger partial charge >= 0.3 is 6.09 Å². The number of benzene rings is 1. The zero-order chi connectivity index (χ0) is 19.5. The fourth-order valence-corrected chi connectivity index (χ4v) is 3.23. The van der Waals surface area contributed by atoms with Crippen LogP contribution in [0, 0.1) is 0 Å². The SMILES string of the molecule is COC1(Cn2nnnc2-c2ccccc2)CCN(C(=O)OC(C)(C)C)CC1. The van der Waals surface area contributed by atoms with Crippen LogP contribution in [0.1, 0.15) is 33.6 Å². The Hall–Kier alpha value is -2.48. The Morgan fingerprint density at radius 3 is 2.44 bits per heavy atom. The van der Waals surface area contributed by atoms with E-state index in [1.165, 1.54) is 0 Å². The highest BCUT2D eigenvalue weighted by Crippen LogP contribution is 2.29. The first kappa shape index (κ1) is 19.3. The quantitative estimate of drug-likeness (QED) is 0.820. The molecule has 1 aromatic heterocycles. The van der Waals surface area contributed by atoms with Gasteiger partial charge in [0, 0.05) is 25.8 Å². The highest BCUT2D eigenvalue weighted by molar-refractivity contribution is 5.68. The molecular weight excluding hydrogens is 346 g/mol. The normalized spacial score (nSPS) is 17.0. The van der Waals surface area contributed by atoms with E-state index in [1.807, 2.05) is 51.1 Å². The molecule has 146 valence electrons. The molecule has 0 N–H and O–H groups in total. The smallest absolute Gasteiger partial charge is 0.410 e. The van der Waals surface area contributed by atoms with E-state index in [2.05, 4.69) is 15.5 Å². The maximum absolute atomic E-state index is 12.3. The summed E-state index contributed by atoms with van der Waals surface area (Å²) in [5, 5.41) is 12.2. The third-order valence-corrected chi connectivity index (χ3v) is 4.76. The van der Waals surface area contributed by atoms with E-state index in [-0.39, 0.29) is 6.09 Å². The summed E-state index contributed by atoms with van der Waals surface area (Å²) in [6.45, 7) is 7.30. The zero-order valence-electron chi connectivity index (χ0n) is 16.4. The lowest BCUT2D eigenvalue weighted by molar-refractivity contribution is -0.0719. The van der Waals surface area contributed by atoms with Crippen LogP contribution >= 0.6 is 0 Å². The molecule has 1 fully saturated rings. The van der Waals surface area contributed by atoms with E-state index in [9.17, 15) is 4.79 Å². The number of ether oxygens (including phenoxy) is 2. The number of carbonyl (C=O) groups excluding carboxylic acids is 1. The topological polar surface area (TPSA) is 82.4 Å². The van der Waals surface area contributed by atoms with Crippen LogP contribution in [0.5, 0.6) is 0 Å². The summed E-state index contributed by atoms with van der Waals surface area (Å²) >= 11 is 0. The summed E-state index contributed by atoms with van der Waals surface area (Å²) in [6.07, 6.45) is 1.10. The monoisotopic (exact) mass is 373 g/mol. The summed E-state index contributed by atoms with van der Waals surface area (Å²) in [5.74, 6) is 0.710. The van der Waals surface area contributed by atoms with Gasteiger partial charge in [0.25, 0.3) is 0 Å². The van der Waals surface area contributed by atoms with Gasteiger partial charge in [0.15, 0.2) is 5.82 Å². The number of tetrazole rings is 1. The molecule has 1 aromatic carbocycles. The number of nitrogens with zero attached hydrogens (tertiary/aromatic N) is 5. The van der Waals surface area contributed by atoms with Crippen LogP contribution < -0.4 is 0 Å². The van der Waals surface area contributed by atoms with Crippen molar-refractivity contribution in [3.05, 3.63) is 30.3 Å². The van der Waals surface area contributed by atoms with Gasteiger partial charge in [-0.2, -0.15) is 0 Å². The second kappa shape index (κ2) is 7.64. The van der Waals surface area contributed by atoms with Crippen molar-refractivity contribution < 1.29 is 14.3 Å². The Morgan fingerprint density at radius 2 is 1.85 bits per heavy atom. The van der Waals surface area contributed by atoms with Crippen LogP contribution in [0.2, 0.25) is 0 Å². The molecular formula is C19H27N5O3. The number of aromatic nitrogens is 4. The summed E-state index contributed by atoms with van der Waals surface area (Å²) in [4.78, 5) is 14.0. The maximum Gasteiger partial charge on any atom is 0.410 e. The second-order valence-electron chi connectivity index (χ2n) is 7.88. The summed E-state index contributed by atoms with van der Waals surface area (Å²) in [5.41, 5.74) is 0.0429. The van der Waals surface area contributed by atoms with E-state index >= 15 is 0 Å². The van der Waals surface area contributed by atoms with Crippen molar-refractivity contribution in [3.8, 4) is 11.4 Å². The molecule has 0 saturated carbocycles. The zero-order valence-corrected chi connectivity index (χ0v) is 16.4. The Morgan fingerprint density at radius 1 is 1.19 bits per heavy atom. The number of piperidine rings is 1. The predicted molar refractivity (Wildman–Crippen MR) is 100 cm³/mol. The third kappa shape index (κ3) is 4.63. The molecule has 0 unspecified atom stereocenters. The number of carbonyl (C=O) groups is 1. The van der Waals surface area contributed by atoms with E-state index in [0.717, 1.165) is 5.56 Å². The number of rotatable bonds is 4. The molecule has 0 bridgehead atoms. The van der Waals surface area contributed by atoms with Crippen LogP contribution in [0.3, 0.4) is 0 Å². The van der Waals surface area contributed by atoms with E-state index in [1.54, 1.807) is 16.7 Å². The summed E-state index contributed by atoms with van der Waals surface area (Å²) in [7, 11) is 1.70. The van der Waals surface area contributed by atoms with E-state index in [4.69, 9.17) is 9.47 Å². The van der Waals surface area contributed by atoms with Crippen LogP contribution in [-0.4, -0.2) is 62.6 Å². The summed E-state index contributed by atoms with van der Waals surface area (Å²) in [6, 6.07) is 9.83. The van der Waals surface area contributed by atoms with Crippen molar-refractivity contribution in [3.63, 3.8) is 0 Å².